The van der Waals surface area contributed by atoms with Gasteiger partial charge in [-0.15, -0.1) is 11.3 Å². The highest BCUT2D eigenvalue weighted by Gasteiger charge is 2.25. The molecule has 0 bridgehead atoms. The number of hydrazone groups is 1. The Bertz CT molecular complexity index is 1160. The van der Waals surface area contributed by atoms with Gasteiger partial charge in [0.05, 0.1) is 18.2 Å². The van der Waals surface area contributed by atoms with E-state index in [1.54, 1.807) is 18.3 Å². The van der Waals surface area contributed by atoms with Crippen LogP contribution in [0.25, 0.3) is 0 Å². The van der Waals surface area contributed by atoms with Crippen molar-refractivity contribution in [2.24, 2.45) is 5.10 Å². The SMILES string of the molecule is N#Cc1ccc(Cc2cnc(NC(=O)C3=NN(Cc4ccccc4)C(=O)CC3)s2)cc1. The lowest BCUT2D eigenvalue weighted by atomic mass is 10.1. The van der Waals surface area contributed by atoms with Crippen molar-refractivity contribution in [1.29, 1.82) is 5.26 Å². The first-order valence-electron chi connectivity index (χ1n) is 9.77. The van der Waals surface area contributed by atoms with E-state index in [0.717, 1.165) is 16.0 Å². The first-order chi connectivity index (χ1) is 15.1. The van der Waals surface area contributed by atoms with Crippen LogP contribution in [-0.2, 0) is 22.6 Å². The number of aromatic nitrogens is 1. The molecule has 0 atom stereocenters. The number of nitrogens with one attached hydrogen (secondary N) is 1. The van der Waals surface area contributed by atoms with Crippen molar-refractivity contribution in [2.75, 3.05) is 5.32 Å². The zero-order valence-corrected chi connectivity index (χ0v) is 17.4. The van der Waals surface area contributed by atoms with E-state index in [1.807, 2.05) is 42.5 Å². The number of carbonyl (C=O) groups excluding carboxylic acids is 2. The predicted molar refractivity (Wildman–Crippen MR) is 118 cm³/mol. The van der Waals surface area contributed by atoms with E-state index in [9.17, 15) is 9.59 Å². The average molecular weight is 430 g/mol. The number of amides is 2. The monoisotopic (exact) mass is 429 g/mol. The molecule has 0 spiro atoms. The van der Waals surface area contributed by atoms with Gasteiger partial charge in [0, 0.05) is 30.3 Å². The zero-order valence-electron chi connectivity index (χ0n) is 16.6. The van der Waals surface area contributed by atoms with E-state index in [2.05, 4.69) is 21.5 Å². The molecule has 2 aromatic carbocycles. The van der Waals surface area contributed by atoms with Crippen LogP contribution in [0.15, 0.2) is 65.9 Å². The van der Waals surface area contributed by atoms with Crippen LogP contribution in [0, 0.1) is 11.3 Å². The fraction of sp³-hybridized carbons (Fsp3) is 0.174. The number of anilines is 1. The molecule has 0 aliphatic carbocycles. The lowest BCUT2D eigenvalue weighted by molar-refractivity contribution is -0.132. The maximum absolute atomic E-state index is 12.7. The molecule has 2 heterocycles. The molecule has 0 radical (unpaired) electrons. The minimum absolute atomic E-state index is 0.0978. The zero-order chi connectivity index (χ0) is 21.6. The molecule has 0 fully saturated rings. The van der Waals surface area contributed by atoms with Crippen LogP contribution >= 0.6 is 11.3 Å². The first kappa shape index (κ1) is 20.4. The fourth-order valence-corrected chi connectivity index (χ4v) is 4.00. The molecule has 1 N–H and O–H groups in total. The Labute approximate surface area is 183 Å². The highest BCUT2D eigenvalue weighted by atomic mass is 32.1. The summed E-state index contributed by atoms with van der Waals surface area (Å²) in [7, 11) is 0. The van der Waals surface area contributed by atoms with Crippen LogP contribution in [0.5, 0.6) is 0 Å². The molecule has 31 heavy (non-hydrogen) atoms. The third kappa shape index (κ3) is 5.21. The van der Waals surface area contributed by atoms with Gasteiger partial charge in [-0.1, -0.05) is 42.5 Å². The normalized spacial score (nSPS) is 13.5. The van der Waals surface area contributed by atoms with E-state index in [0.29, 0.717) is 35.8 Å². The summed E-state index contributed by atoms with van der Waals surface area (Å²) in [6.45, 7) is 0.336. The number of rotatable bonds is 6. The molecule has 1 aliphatic rings. The Hall–Kier alpha value is -3.83. The van der Waals surface area contributed by atoms with Crippen molar-refractivity contribution in [3.05, 3.63) is 82.4 Å². The Morgan fingerprint density at radius 1 is 1.10 bits per heavy atom. The summed E-state index contributed by atoms with van der Waals surface area (Å²) < 4.78 is 0. The van der Waals surface area contributed by atoms with E-state index in [-0.39, 0.29) is 18.2 Å². The van der Waals surface area contributed by atoms with Crippen molar-refractivity contribution in [1.82, 2.24) is 9.99 Å². The molecule has 4 rings (SSSR count). The molecule has 7 nitrogen and oxygen atoms in total. The molecule has 8 heteroatoms. The van der Waals surface area contributed by atoms with Gasteiger partial charge >= 0.3 is 0 Å². The van der Waals surface area contributed by atoms with Gasteiger partial charge in [-0.2, -0.15) is 10.4 Å². The predicted octanol–water partition coefficient (Wildman–Crippen LogP) is 3.72. The maximum Gasteiger partial charge on any atom is 0.273 e. The van der Waals surface area contributed by atoms with Gasteiger partial charge in [0.15, 0.2) is 5.13 Å². The summed E-state index contributed by atoms with van der Waals surface area (Å²) in [4.78, 5) is 30.1. The molecule has 2 amide bonds. The molecule has 3 aromatic rings. The summed E-state index contributed by atoms with van der Waals surface area (Å²) in [5.41, 5.74) is 2.95. The number of nitriles is 1. The minimum Gasteiger partial charge on any atom is -0.297 e. The van der Waals surface area contributed by atoms with Crippen LogP contribution in [-0.4, -0.2) is 27.5 Å². The lowest BCUT2D eigenvalue weighted by Crippen LogP contribution is -2.35. The van der Waals surface area contributed by atoms with E-state index in [4.69, 9.17) is 5.26 Å². The summed E-state index contributed by atoms with van der Waals surface area (Å²) in [6, 6.07) is 19.0. The van der Waals surface area contributed by atoms with Crippen molar-refractivity contribution in [3.8, 4) is 6.07 Å². The van der Waals surface area contributed by atoms with E-state index < -0.39 is 0 Å². The number of thiazole rings is 1. The summed E-state index contributed by atoms with van der Waals surface area (Å²) in [5.74, 6) is -0.441. The highest BCUT2D eigenvalue weighted by Crippen LogP contribution is 2.22. The van der Waals surface area contributed by atoms with Gasteiger partial charge in [0.25, 0.3) is 5.91 Å². The second-order valence-corrected chi connectivity index (χ2v) is 8.17. The standard InChI is InChI=1S/C23H19N5O2S/c24-13-17-8-6-16(7-9-17)12-19-14-25-23(31-19)26-22(30)20-10-11-21(29)28(27-20)15-18-4-2-1-3-5-18/h1-9,14H,10-12,15H2,(H,25,26,30). The molecule has 0 saturated carbocycles. The van der Waals surface area contributed by atoms with Gasteiger partial charge in [-0.3, -0.25) is 14.9 Å². The van der Waals surface area contributed by atoms with Crippen LogP contribution in [0.4, 0.5) is 5.13 Å². The third-order valence-corrected chi connectivity index (χ3v) is 5.69. The number of carbonyl (C=O) groups is 2. The highest BCUT2D eigenvalue weighted by molar-refractivity contribution is 7.15. The largest absolute Gasteiger partial charge is 0.297 e. The number of hydrogen-bond acceptors (Lipinski definition) is 6. The lowest BCUT2D eigenvalue weighted by Gasteiger charge is -2.23. The molecular weight excluding hydrogens is 410 g/mol. The Kier molecular flexibility index (Phi) is 6.15. The van der Waals surface area contributed by atoms with Gasteiger partial charge in [0.1, 0.15) is 5.71 Å². The van der Waals surface area contributed by atoms with Crippen LogP contribution < -0.4 is 5.32 Å². The van der Waals surface area contributed by atoms with Gasteiger partial charge in [-0.25, -0.2) is 9.99 Å². The molecule has 154 valence electrons. The van der Waals surface area contributed by atoms with Crippen LogP contribution in [0.1, 0.15) is 34.4 Å². The minimum atomic E-state index is -0.343. The summed E-state index contributed by atoms with van der Waals surface area (Å²) in [6.07, 6.45) is 2.95. The van der Waals surface area contributed by atoms with Crippen LogP contribution in [0.3, 0.4) is 0 Å². The first-order valence-corrected chi connectivity index (χ1v) is 10.6. The molecular formula is C23H19N5O2S. The summed E-state index contributed by atoms with van der Waals surface area (Å²) in [5, 5.41) is 17.8. The third-order valence-electron chi connectivity index (χ3n) is 4.78. The van der Waals surface area contributed by atoms with Gasteiger partial charge < -0.3 is 0 Å². The summed E-state index contributed by atoms with van der Waals surface area (Å²) >= 11 is 1.39. The van der Waals surface area contributed by atoms with Gasteiger partial charge in [0.2, 0.25) is 5.91 Å². The number of benzene rings is 2. The fourth-order valence-electron chi connectivity index (χ4n) is 3.16. The molecule has 0 unspecified atom stereocenters. The van der Waals surface area contributed by atoms with Crippen molar-refractivity contribution < 1.29 is 9.59 Å². The second kappa shape index (κ2) is 9.32. The second-order valence-electron chi connectivity index (χ2n) is 7.06. The Balaban J connectivity index is 1.40. The Morgan fingerprint density at radius 2 is 1.87 bits per heavy atom. The Morgan fingerprint density at radius 3 is 2.61 bits per heavy atom. The molecule has 1 aliphatic heterocycles. The van der Waals surface area contributed by atoms with Crippen molar-refractivity contribution in [2.45, 2.75) is 25.8 Å². The van der Waals surface area contributed by atoms with E-state index in [1.165, 1.54) is 16.3 Å². The quantitative estimate of drug-likeness (QED) is 0.646. The topological polar surface area (TPSA) is 98.4 Å². The average Bonchev–Trinajstić information content (AvgIpc) is 3.23. The van der Waals surface area contributed by atoms with Crippen LogP contribution in [0.2, 0.25) is 0 Å². The van der Waals surface area contributed by atoms with Gasteiger partial charge in [-0.05, 0) is 23.3 Å². The van der Waals surface area contributed by atoms with Crippen molar-refractivity contribution in [3.63, 3.8) is 0 Å². The smallest absolute Gasteiger partial charge is 0.273 e. The molecule has 1 aromatic heterocycles. The molecule has 0 saturated heterocycles. The van der Waals surface area contributed by atoms with Crippen molar-refractivity contribution >= 4 is 34.0 Å². The number of nitrogens with zero attached hydrogens (tertiary/aromatic N) is 4. The maximum atomic E-state index is 12.7. The number of hydrogen-bond donors (Lipinski definition) is 1. The van der Waals surface area contributed by atoms with E-state index >= 15 is 0 Å².